The minimum absolute atomic E-state index is 0.637. The molecule has 0 spiro atoms. The summed E-state index contributed by atoms with van der Waals surface area (Å²) in [6.45, 7) is 8.08. The molecule has 0 aliphatic rings. The Kier molecular flexibility index (Phi) is 5.28. The lowest BCUT2D eigenvalue weighted by Gasteiger charge is -2.16. The van der Waals surface area contributed by atoms with E-state index in [1.807, 2.05) is 7.05 Å². The highest BCUT2D eigenvalue weighted by atomic mass is 16.5. The average molecular weight is 212 g/mol. The van der Waals surface area contributed by atoms with Crippen LogP contribution in [0.15, 0.2) is 4.52 Å². The first kappa shape index (κ1) is 12.1. The molecule has 0 aromatic carbocycles. The Labute approximate surface area is 90.8 Å². The first-order chi connectivity index (χ1) is 7.30. The van der Waals surface area contributed by atoms with Crippen LogP contribution in [0.25, 0.3) is 0 Å². The van der Waals surface area contributed by atoms with E-state index in [1.165, 1.54) is 0 Å². The molecule has 0 atom stereocenters. The van der Waals surface area contributed by atoms with Crippen molar-refractivity contribution in [1.82, 2.24) is 20.4 Å². The van der Waals surface area contributed by atoms with E-state index in [9.17, 15) is 0 Å². The van der Waals surface area contributed by atoms with Crippen molar-refractivity contribution in [1.29, 1.82) is 0 Å². The van der Waals surface area contributed by atoms with Gasteiger partial charge in [0.05, 0.1) is 6.54 Å². The molecule has 86 valence electrons. The van der Waals surface area contributed by atoms with E-state index in [2.05, 4.69) is 34.2 Å². The van der Waals surface area contributed by atoms with Crippen molar-refractivity contribution in [2.24, 2.45) is 0 Å². The second kappa shape index (κ2) is 6.53. The summed E-state index contributed by atoms with van der Waals surface area (Å²) in [4.78, 5) is 6.61. The quantitative estimate of drug-likeness (QED) is 0.720. The molecule has 0 radical (unpaired) electrons. The molecule has 15 heavy (non-hydrogen) atoms. The SMILES string of the molecule is CCN(CC)CCc1noc(CNC)n1. The fourth-order valence-electron chi connectivity index (χ4n) is 1.41. The molecule has 0 fully saturated rings. The molecule has 1 aromatic heterocycles. The predicted octanol–water partition coefficient (Wildman–Crippen LogP) is 0.673. The summed E-state index contributed by atoms with van der Waals surface area (Å²) in [5, 5.41) is 6.90. The summed E-state index contributed by atoms with van der Waals surface area (Å²) >= 11 is 0. The van der Waals surface area contributed by atoms with Gasteiger partial charge in [0, 0.05) is 13.0 Å². The standard InChI is InChI=1S/C10H20N4O/c1-4-14(5-2)7-6-9-12-10(8-11-3)15-13-9/h11H,4-8H2,1-3H3. The maximum absolute atomic E-state index is 5.06. The summed E-state index contributed by atoms with van der Waals surface area (Å²) in [5.74, 6) is 1.46. The van der Waals surface area contributed by atoms with Crippen LogP contribution in [-0.2, 0) is 13.0 Å². The zero-order chi connectivity index (χ0) is 11.1. The number of hydrogen-bond acceptors (Lipinski definition) is 5. The van der Waals surface area contributed by atoms with Gasteiger partial charge in [0.15, 0.2) is 5.82 Å². The molecule has 1 N–H and O–H groups in total. The van der Waals surface area contributed by atoms with Gasteiger partial charge >= 0.3 is 0 Å². The van der Waals surface area contributed by atoms with E-state index < -0.39 is 0 Å². The first-order valence-corrected chi connectivity index (χ1v) is 5.48. The lowest BCUT2D eigenvalue weighted by Crippen LogP contribution is -2.25. The normalized spacial score (nSPS) is 11.2. The van der Waals surface area contributed by atoms with Crippen molar-refractivity contribution in [3.05, 3.63) is 11.7 Å². The second-order valence-corrected chi connectivity index (χ2v) is 3.41. The van der Waals surface area contributed by atoms with E-state index in [-0.39, 0.29) is 0 Å². The number of likely N-dealkylation sites (N-methyl/N-ethyl adjacent to an activating group) is 1. The second-order valence-electron chi connectivity index (χ2n) is 3.41. The van der Waals surface area contributed by atoms with Crippen LogP contribution in [0.3, 0.4) is 0 Å². The monoisotopic (exact) mass is 212 g/mol. The van der Waals surface area contributed by atoms with E-state index in [0.29, 0.717) is 12.4 Å². The lowest BCUT2D eigenvalue weighted by molar-refractivity contribution is 0.302. The van der Waals surface area contributed by atoms with Crippen LogP contribution in [0.4, 0.5) is 0 Å². The van der Waals surface area contributed by atoms with Gasteiger partial charge in [0.25, 0.3) is 0 Å². The van der Waals surface area contributed by atoms with Crippen LogP contribution in [0.2, 0.25) is 0 Å². The topological polar surface area (TPSA) is 54.2 Å². The molecule has 0 unspecified atom stereocenters. The van der Waals surface area contributed by atoms with Crippen LogP contribution < -0.4 is 5.32 Å². The van der Waals surface area contributed by atoms with Crippen molar-refractivity contribution < 1.29 is 4.52 Å². The molecule has 1 rings (SSSR count). The molecule has 1 aromatic rings. The van der Waals surface area contributed by atoms with Crippen molar-refractivity contribution in [3.8, 4) is 0 Å². The molecule has 0 saturated carbocycles. The van der Waals surface area contributed by atoms with Gasteiger partial charge in [-0.15, -0.1) is 0 Å². The highest BCUT2D eigenvalue weighted by Gasteiger charge is 2.06. The summed E-state index contributed by atoms with van der Waals surface area (Å²) in [5.41, 5.74) is 0. The Morgan fingerprint density at radius 2 is 2.07 bits per heavy atom. The first-order valence-electron chi connectivity index (χ1n) is 5.48. The molecule has 1 heterocycles. The summed E-state index contributed by atoms with van der Waals surface area (Å²) in [7, 11) is 1.86. The fourth-order valence-corrected chi connectivity index (χ4v) is 1.41. The molecule has 0 saturated heterocycles. The number of nitrogens with zero attached hydrogens (tertiary/aromatic N) is 3. The summed E-state index contributed by atoms with van der Waals surface area (Å²) in [6.07, 6.45) is 0.856. The number of nitrogens with one attached hydrogen (secondary N) is 1. The van der Waals surface area contributed by atoms with Crippen molar-refractivity contribution in [3.63, 3.8) is 0 Å². The van der Waals surface area contributed by atoms with Gasteiger partial charge in [-0.05, 0) is 20.1 Å². The van der Waals surface area contributed by atoms with E-state index >= 15 is 0 Å². The predicted molar refractivity (Wildman–Crippen MR) is 58.6 cm³/mol. The maximum atomic E-state index is 5.06. The van der Waals surface area contributed by atoms with E-state index in [1.54, 1.807) is 0 Å². The van der Waals surface area contributed by atoms with Crippen LogP contribution in [0.1, 0.15) is 25.6 Å². The summed E-state index contributed by atoms with van der Waals surface area (Å²) in [6, 6.07) is 0. The van der Waals surface area contributed by atoms with E-state index in [0.717, 1.165) is 31.9 Å². The summed E-state index contributed by atoms with van der Waals surface area (Å²) < 4.78 is 5.06. The molecule has 5 heteroatoms. The molecule has 0 aliphatic heterocycles. The molecule has 0 aliphatic carbocycles. The highest BCUT2D eigenvalue weighted by Crippen LogP contribution is 1.99. The Hall–Kier alpha value is -0.940. The smallest absolute Gasteiger partial charge is 0.240 e. The number of rotatable bonds is 7. The highest BCUT2D eigenvalue weighted by molar-refractivity contribution is 4.86. The van der Waals surface area contributed by atoms with Crippen molar-refractivity contribution >= 4 is 0 Å². The minimum atomic E-state index is 0.637. The van der Waals surface area contributed by atoms with E-state index in [4.69, 9.17) is 4.52 Å². The largest absolute Gasteiger partial charge is 0.338 e. The van der Waals surface area contributed by atoms with Crippen LogP contribution in [0, 0.1) is 0 Å². The Morgan fingerprint density at radius 3 is 2.67 bits per heavy atom. The van der Waals surface area contributed by atoms with Crippen LogP contribution >= 0.6 is 0 Å². The van der Waals surface area contributed by atoms with Gasteiger partial charge in [-0.25, -0.2) is 0 Å². The van der Waals surface area contributed by atoms with Crippen molar-refractivity contribution in [2.45, 2.75) is 26.8 Å². The van der Waals surface area contributed by atoms with Crippen LogP contribution in [0.5, 0.6) is 0 Å². The molecular weight excluding hydrogens is 192 g/mol. The Balaban J connectivity index is 2.36. The average Bonchev–Trinajstić information content (AvgIpc) is 2.68. The lowest BCUT2D eigenvalue weighted by atomic mass is 10.3. The zero-order valence-electron chi connectivity index (χ0n) is 9.79. The van der Waals surface area contributed by atoms with Gasteiger partial charge in [-0.2, -0.15) is 4.98 Å². The Bertz CT molecular complexity index is 270. The molecule has 0 bridgehead atoms. The van der Waals surface area contributed by atoms with Crippen molar-refractivity contribution in [2.75, 3.05) is 26.7 Å². The number of hydrogen-bond donors (Lipinski definition) is 1. The van der Waals surface area contributed by atoms with Gasteiger partial charge in [0.2, 0.25) is 5.89 Å². The third-order valence-corrected chi connectivity index (χ3v) is 2.38. The fraction of sp³-hybridized carbons (Fsp3) is 0.800. The minimum Gasteiger partial charge on any atom is -0.338 e. The number of aromatic nitrogens is 2. The zero-order valence-corrected chi connectivity index (χ0v) is 9.79. The molecular formula is C10H20N4O. The maximum Gasteiger partial charge on any atom is 0.240 e. The van der Waals surface area contributed by atoms with Gasteiger partial charge in [-0.1, -0.05) is 19.0 Å². The molecule has 0 amide bonds. The van der Waals surface area contributed by atoms with Gasteiger partial charge in [-0.3, -0.25) is 0 Å². The van der Waals surface area contributed by atoms with Crippen LogP contribution in [-0.4, -0.2) is 41.7 Å². The third kappa shape index (κ3) is 3.97. The Morgan fingerprint density at radius 1 is 1.33 bits per heavy atom. The van der Waals surface area contributed by atoms with Gasteiger partial charge < -0.3 is 14.7 Å². The van der Waals surface area contributed by atoms with Gasteiger partial charge in [0.1, 0.15) is 0 Å². The third-order valence-electron chi connectivity index (χ3n) is 2.38. The molecule has 5 nitrogen and oxygen atoms in total.